The molecule has 3 atom stereocenters. The quantitative estimate of drug-likeness (QED) is 0.0125. The highest BCUT2D eigenvalue weighted by Gasteiger charge is 2.40. The number of hydrogen-bond acceptors (Lipinski definition) is 11. The molecule has 0 spiro atoms. The number of nitrogens with zero attached hydrogens (tertiary/aromatic N) is 4. The van der Waals surface area contributed by atoms with Crippen LogP contribution in [0.3, 0.4) is 0 Å². The van der Waals surface area contributed by atoms with E-state index in [0.717, 1.165) is 29.3 Å². The molecule has 0 aliphatic heterocycles. The van der Waals surface area contributed by atoms with E-state index in [1.807, 2.05) is 12.1 Å². The Bertz CT molecular complexity index is 2520. The topological polar surface area (TPSA) is 269 Å². The highest BCUT2D eigenvalue weighted by molar-refractivity contribution is 7.89. The van der Waals surface area contributed by atoms with Gasteiger partial charge in [0.1, 0.15) is 6.04 Å². The molecule has 1 aliphatic carbocycles. The van der Waals surface area contributed by atoms with Crippen molar-refractivity contribution in [3.05, 3.63) is 145 Å². The molecule has 5 rings (SSSR count). The standard InChI is InChI=1S/C41H40N8O10S/c1-3-59-41(54)33-23-29-10-4-5-12-30(29)38(33)47-40(53)34(24-44-48-42)46-37(51)18-15-26-9-8-11-28(21-26)32-22-27(25(2)50)16-17-31(32)39(52)43-19-20-45-60(57,58)36-14-7-6-13-35(36)49(55)56/h4-18,21-22,33-34,38,45H,3,19-20,23-24H2,1-2H3,(H,43,52)(H,46,51)(H,47,53)/b18-15+/t33-,34+,38+/m1/s1. The Balaban J connectivity index is 1.29. The molecule has 60 heavy (non-hydrogen) atoms. The van der Waals surface area contributed by atoms with E-state index in [2.05, 4.69) is 30.7 Å². The van der Waals surface area contributed by atoms with Gasteiger partial charge in [-0.25, -0.2) is 13.1 Å². The molecule has 0 heterocycles. The molecule has 18 nitrogen and oxygen atoms in total. The first-order valence-electron chi connectivity index (χ1n) is 18.5. The molecule has 3 amide bonds. The van der Waals surface area contributed by atoms with Crippen LogP contribution in [0.15, 0.2) is 107 Å². The summed E-state index contributed by atoms with van der Waals surface area (Å²) in [6.07, 6.45) is 2.95. The normalized spacial score (nSPS) is 14.9. The fourth-order valence-electron chi connectivity index (χ4n) is 6.58. The van der Waals surface area contributed by atoms with Crippen LogP contribution in [0, 0.1) is 16.0 Å². The van der Waals surface area contributed by atoms with Crippen LogP contribution in [0.25, 0.3) is 27.6 Å². The predicted molar refractivity (Wildman–Crippen MR) is 219 cm³/mol. The fraction of sp³-hybridized carbons (Fsp3) is 0.244. The van der Waals surface area contributed by atoms with E-state index in [1.54, 1.807) is 43.3 Å². The van der Waals surface area contributed by atoms with E-state index in [-0.39, 0.29) is 31.0 Å². The lowest BCUT2D eigenvalue weighted by molar-refractivity contribution is -0.387. The molecule has 0 saturated carbocycles. The van der Waals surface area contributed by atoms with Crippen LogP contribution in [0.4, 0.5) is 5.69 Å². The van der Waals surface area contributed by atoms with E-state index < -0.39 is 73.8 Å². The van der Waals surface area contributed by atoms with Gasteiger partial charge in [-0.3, -0.25) is 34.1 Å². The highest BCUT2D eigenvalue weighted by Crippen LogP contribution is 2.37. The number of hydrogen-bond donors (Lipinski definition) is 4. The molecule has 0 bridgehead atoms. The number of benzene rings is 4. The molecule has 0 aromatic heterocycles. The maximum Gasteiger partial charge on any atom is 0.311 e. The molecular formula is C41H40N8O10S. The van der Waals surface area contributed by atoms with Gasteiger partial charge in [-0.1, -0.05) is 65.8 Å². The number of para-hydroxylation sites is 1. The Morgan fingerprint density at radius 3 is 2.48 bits per heavy atom. The second-order valence-electron chi connectivity index (χ2n) is 13.4. The van der Waals surface area contributed by atoms with Crippen molar-refractivity contribution in [3.8, 4) is 11.1 Å². The average Bonchev–Trinajstić information content (AvgIpc) is 3.61. The van der Waals surface area contributed by atoms with Gasteiger partial charge in [0.15, 0.2) is 10.7 Å². The van der Waals surface area contributed by atoms with Crippen molar-refractivity contribution in [3.63, 3.8) is 0 Å². The summed E-state index contributed by atoms with van der Waals surface area (Å²) in [5, 5.41) is 22.8. The Morgan fingerprint density at radius 1 is 1.00 bits per heavy atom. The number of rotatable bonds is 18. The lowest BCUT2D eigenvalue weighted by Crippen LogP contribution is -2.50. The number of amides is 3. The fourth-order valence-corrected chi connectivity index (χ4v) is 7.78. The van der Waals surface area contributed by atoms with Crippen molar-refractivity contribution in [2.24, 2.45) is 11.0 Å². The molecular weight excluding hydrogens is 797 g/mol. The molecule has 0 radical (unpaired) electrons. The number of sulfonamides is 1. The molecule has 19 heteroatoms. The van der Waals surface area contributed by atoms with Gasteiger partial charge in [0.2, 0.25) is 21.8 Å². The molecule has 1 aliphatic rings. The summed E-state index contributed by atoms with van der Waals surface area (Å²) in [6, 6.07) is 21.1. The van der Waals surface area contributed by atoms with E-state index in [0.29, 0.717) is 28.7 Å². The number of carbonyl (C=O) groups is 5. The number of carbonyl (C=O) groups excluding carboxylic acids is 5. The van der Waals surface area contributed by atoms with Crippen molar-refractivity contribution in [2.75, 3.05) is 26.2 Å². The number of nitro groups is 1. The highest BCUT2D eigenvalue weighted by atomic mass is 32.2. The van der Waals surface area contributed by atoms with Crippen LogP contribution in [-0.4, -0.2) is 75.1 Å². The zero-order valence-corrected chi connectivity index (χ0v) is 33.2. The second-order valence-corrected chi connectivity index (χ2v) is 15.1. The third kappa shape index (κ3) is 10.8. The first-order chi connectivity index (χ1) is 28.7. The smallest absolute Gasteiger partial charge is 0.311 e. The maximum absolute atomic E-state index is 13.5. The summed E-state index contributed by atoms with van der Waals surface area (Å²) in [4.78, 5) is 78.0. The number of azide groups is 1. The summed E-state index contributed by atoms with van der Waals surface area (Å²) in [6.45, 7) is 2.29. The minimum atomic E-state index is -4.29. The summed E-state index contributed by atoms with van der Waals surface area (Å²) in [7, 11) is -4.29. The number of esters is 1. The molecule has 4 aromatic carbocycles. The largest absolute Gasteiger partial charge is 0.466 e. The van der Waals surface area contributed by atoms with E-state index in [9.17, 15) is 42.5 Å². The minimum absolute atomic E-state index is 0.141. The second kappa shape index (κ2) is 20.0. The number of Topliss-reactive ketones (excluding diaryl/α,β-unsaturated/α-hetero) is 1. The van der Waals surface area contributed by atoms with Gasteiger partial charge in [0, 0.05) is 41.3 Å². The van der Waals surface area contributed by atoms with Crippen molar-refractivity contribution in [1.29, 1.82) is 0 Å². The van der Waals surface area contributed by atoms with Gasteiger partial charge < -0.3 is 20.7 Å². The van der Waals surface area contributed by atoms with Crippen LogP contribution in [-0.2, 0) is 35.6 Å². The van der Waals surface area contributed by atoms with Gasteiger partial charge in [-0.05, 0) is 84.0 Å². The van der Waals surface area contributed by atoms with Gasteiger partial charge in [-0.15, -0.1) is 0 Å². The average molecular weight is 837 g/mol. The van der Waals surface area contributed by atoms with Gasteiger partial charge >= 0.3 is 5.97 Å². The molecule has 0 saturated heterocycles. The van der Waals surface area contributed by atoms with E-state index >= 15 is 0 Å². The number of nitrogens with one attached hydrogen (secondary N) is 4. The maximum atomic E-state index is 13.5. The van der Waals surface area contributed by atoms with Crippen LogP contribution in [0.1, 0.15) is 57.3 Å². The Morgan fingerprint density at radius 2 is 1.75 bits per heavy atom. The molecule has 310 valence electrons. The van der Waals surface area contributed by atoms with Gasteiger partial charge in [0.25, 0.3) is 11.6 Å². The monoisotopic (exact) mass is 836 g/mol. The van der Waals surface area contributed by atoms with Crippen LogP contribution in [0.5, 0.6) is 0 Å². The Labute approximate surface area is 344 Å². The van der Waals surface area contributed by atoms with Crippen molar-refractivity contribution < 1.29 is 42.1 Å². The predicted octanol–water partition coefficient (Wildman–Crippen LogP) is 4.57. The minimum Gasteiger partial charge on any atom is -0.466 e. The van der Waals surface area contributed by atoms with Crippen LogP contribution in [0.2, 0.25) is 0 Å². The Kier molecular flexibility index (Phi) is 14.6. The molecule has 0 unspecified atom stereocenters. The van der Waals surface area contributed by atoms with Crippen molar-refractivity contribution in [2.45, 2.75) is 37.2 Å². The third-order valence-electron chi connectivity index (χ3n) is 9.43. The lowest BCUT2D eigenvalue weighted by Gasteiger charge is -2.24. The summed E-state index contributed by atoms with van der Waals surface area (Å²) < 4.78 is 33.0. The van der Waals surface area contributed by atoms with E-state index in [4.69, 9.17) is 10.3 Å². The van der Waals surface area contributed by atoms with Gasteiger partial charge in [-0.2, -0.15) is 0 Å². The Hall–Kier alpha value is -7.21. The zero-order chi connectivity index (χ0) is 43.4. The first-order valence-corrected chi connectivity index (χ1v) is 20.0. The number of nitro benzene ring substituents is 1. The first kappa shape index (κ1) is 43.9. The van der Waals surface area contributed by atoms with E-state index in [1.165, 1.54) is 43.3 Å². The SMILES string of the molecule is CCOC(=O)[C@@H]1Cc2ccccc2[C@@H]1NC(=O)[C@H](CN=[N+]=[N-])NC(=O)/C=C/c1cccc(-c2cc(C(C)=O)ccc2C(=O)NCCNS(=O)(=O)c2ccccc2[N+](=O)[O-])c1. The number of ether oxygens (including phenoxy) is 1. The third-order valence-corrected chi connectivity index (χ3v) is 10.9. The summed E-state index contributed by atoms with van der Waals surface area (Å²) in [5.41, 5.74) is 11.7. The number of fused-ring (bicyclic) bond motifs is 1. The summed E-state index contributed by atoms with van der Waals surface area (Å²) in [5.74, 6) is -3.46. The van der Waals surface area contributed by atoms with Crippen molar-refractivity contribution in [1.82, 2.24) is 20.7 Å². The van der Waals surface area contributed by atoms with Crippen LogP contribution >= 0.6 is 0 Å². The molecule has 0 fully saturated rings. The van der Waals surface area contributed by atoms with Gasteiger partial charge in [0.05, 0.1) is 30.0 Å². The van der Waals surface area contributed by atoms with Crippen molar-refractivity contribution >= 4 is 51.3 Å². The number of ketones is 1. The van der Waals surface area contributed by atoms with Crippen LogP contribution < -0.4 is 20.7 Å². The lowest BCUT2D eigenvalue weighted by atomic mass is 9.94. The summed E-state index contributed by atoms with van der Waals surface area (Å²) >= 11 is 0. The molecule has 4 N–H and O–H groups in total. The molecule has 4 aromatic rings. The zero-order valence-electron chi connectivity index (χ0n) is 32.4.